The van der Waals surface area contributed by atoms with Gasteiger partial charge in [0.1, 0.15) is 11.5 Å². The number of aromatic nitrogens is 1. The molecule has 0 spiro atoms. The van der Waals surface area contributed by atoms with Crippen LogP contribution in [0, 0.1) is 12.7 Å². The van der Waals surface area contributed by atoms with Gasteiger partial charge in [-0.1, -0.05) is 24.3 Å². The van der Waals surface area contributed by atoms with Crippen molar-refractivity contribution < 1.29 is 9.18 Å². The fourth-order valence-corrected chi connectivity index (χ4v) is 1.81. The molecule has 0 fully saturated rings. The quantitative estimate of drug-likeness (QED) is 0.848. The maximum atomic E-state index is 13.5. The van der Waals surface area contributed by atoms with Gasteiger partial charge in [-0.05, 0) is 25.1 Å². The molecule has 0 saturated carbocycles. The predicted octanol–water partition coefficient (Wildman–Crippen LogP) is 2.80. The highest BCUT2D eigenvalue weighted by Gasteiger charge is 2.14. The molecule has 2 rings (SSSR count). The summed E-state index contributed by atoms with van der Waals surface area (Å²) in [5, 5.41) is 0. The van der Waals surface area contributed by atoms with Gasteiger partial charge in [-0.15, -0.1) is 0 Å². The van der Waals surface area contributed by atoms with Crippen molar-refractivity contribution in [3.05, 3.63) is 65.2 Å². The number of aryl methyl sites for hydroxylation is 1. The minimum absolute atomic E-state index is 0.216. The third kappa shape index (κ3) is 3.16. The summed E-state index contributed by atoms with van der Waals surface area (Å²) >= 11 is 0. The Balaban J connectivity index is 2.14. The second-order valence-corrected chi connectivity index (χ2v) is 4.42. The predicted molar refractivity (Wildman–Crippen MR) is 71.2 cm³/mol. The summed E-state index contributed by atoms with van der Waals surface area (Å²) in [4.78, 5) is 17.8. The molecule has 3 nitrogen and oxygen atoms in total. The van der Waals surface area contributed by atoms with Gasteiger partial charge in [0.15, 0.2) is 0 Å². The number of rotatable bonds is 3. The van der Waals surface area contributed by atoms with Crippen molar-refractivity contribution in [2.75, 3.05) is 7.05 Å². The van der Waals surface area contributed by atoms with E-state index in [1.165, 1.54) is 11.0 Å². The Kier molecular flexibility index (Phi) is 3.90. The Hall–Kier alpha value is -2.23. The van der Waals surface area contributed by atoms with E-state index in [-0.39, 0.29) is 18.3 Å². The molecule has 0 atom stereocenters. The summed E-state index contributed by atoms with van der Waals surface area (Å²) in [5.74, 6) is -0.522. The van der Waals surface area contributed by atoms with Gasteiger partial charge in [0.2, 0.25) is 0 Å². The molecular formula is C15H15FN2O. The van der Waals surface area contributed by atoms with Crippen LogP contribution < -0.4 is 0 Å². The van der Waals surface area contributed by atoms with E-state index in [0.29, 0.717) is 11.3 Å². The van der Waals surface area contributed by atoms with E-state index in [1.54, 1.807) is 37.4 Å². The molecule has 1 aromatic carbocycles. The van der Waals surface area contributed by atoms with Crippen LogP contribution in [0.3, 0.4) is 0 Å². The molecule has 0 radical (unpaired) electrons. The molecule has 0 aliphatic carbocycles. The molecule has 1 amide bonds. The molecule has 0 saturated heterocycles. The largest absolute Gasteiger partial charge is 0.336 e. The lowest BCUT2D eigenvalue weighted by atomic mass is 10.2. The Labute approximate surface area is 111 Å². The lowest BCUT2D eigenvalue weighted by molar-refractivity contribution is 0.0778. The normalized spacial score (nSPS) is 10.3. The lowest BCUT2D eigenvalue weighted by Crippen LogP contribution is -2.27. The Bertz CT molecular complexity index is 598. The van der Waals surface area contributed by atoms with E-state index in [9.17, 15) is 9.18 Å². The molecule has 0 aliphatic heterocycles. The molecule has 4 heteroatoms. The van der Waals surface area contributed by atoms with Crippen LogP contribution >= 0.6 is 0 Å². The number of amides is 1. The third-order valence-corrected chi connectivity index (χ3v) is 2.82. The van der Waals surface area contributed by atoms with Gasteiger partial charge in [0.05, 0.1) is 0 Å². The van der Waals surface area contributed by atoms with E-state index >= 15 is 0 Å². The number of hydrogen-bond donors (Lipinski definition) is 0. The van der Waals surface area contributed by atoms with Crippen molar-refractivity contribution in [1.29, 1.82) is 0 Å². The SMILES string of the molecule is Cc1cccc(C(=O)N(C)Cc2ccccc2F)n1. The minimum Gasteiger partial charge on any atom is -0.336 e. The molecule has 19 heavy (non-hydrogen) atoms. The number of nitrogens with zero attached hydrogens (tertiary/aromatic N) is 2. The second kappa shape index (κ2) is 5.61. The van der Waals surface area contributed by atoms with Crippen molar-refractivity contribution in [1.82, 2.24) is 9.88 Å². The summed E-state index contributed by atoms with van der Waals surface area (Å²) in [6, 6.07) is 11.7. The van der Waals surface area contributed by atoms with Gasteiger partial charge in [0, 0.05) is 24.8 Å². The van der Waals surface area contributed by atoms with Gasteiger partial charge < -0.3 is 4.90 Å². The molecule has 0 unspecified atom stereocenters. The van der Waals surface area contributed by atoms with Crippen LogP contribution in [0.2, 0.25) is 0 Å². The zero-order valence-corrected chi connectivity index (χ0v) is 10.9. The lowest BCUT2D eigenvalue weighted by Gasteiger charge is -2.17. The molecule has 0 bridgehead atoms. The summed E-state index contributed by atoms with van der Waals surface area (Å²) in [7, 11) is 1.64. The molecule has 98 valence electrons. The third-order valence-electron chi connectivity index (χ3n) is 2.82. The number of benzene rings is 1. The van der Waals surface area contributed by atoms with E-state index in [1.807, 2.05) is 13.0 Å². The van der Waals surface area contributed by atoms with E-state index in [0.717, 1.165) is 5.69 Å². The Morgan fingerprint density at radius 3 is 2.63 bits per heavy atom. The van der Waals surface area contributed by atoms with Crippen LogP contribution in [0.5, 0.6) is 0 Å². The second-order valence-electron chi connectivity index (χ2n) is 4.42. The maximum Gasteiger partial charge on any atom is 0.272 e. The van der Waals surface area contributed by atoms with Crippen LogP contribution in [0.25, 0.3) is 0 Å². The first-order chi connectivity index (χ1) is 9.08. The number of halogens is 1. The Morgan fingerprint density at radius 1 is 1.21 bits per heavy atom. The summed E-state index contributed by atoms with van der Waals surface area (Å²) in [6.07, 6.45) is 0. The average molecular weight is 258 g/mol. The highest BCUT2D eigenvalue weighted by Crippen LogP contribution is 2.11. The first-order valence-corrected chi connectivity index (χ1v) is 6.00. The molecule has 1 heterocycles. The highest BCUT2D eigenvalue weighted by atomic mass is 19.1. The number of carbonyl (C=O) groups is 1. The highest BCUT2D eigenvalue weighted by molar-refractivity contribution is 5.92. The van der Waals surface area contributed by atoms with Gasteiger partial charge in [-0.3, -0.25) is 4.79 Å². The van der Waals surface area contributed by atoms with Crippen molar-refractivity contribution in [3.8, 4) is 0 Å². The van der Waals surface area contributed by atoms with Gasteiger partial charge in [0.25, 0.3) is 5.91 Å². The van der Waals surface area contributed by atoms with Gasteiger partial charge in [-0.2, -0.15) is 0 Å². The van der Waals surface area contributed by atoms with Crippen LogP contribution in [-0.4, -0.2) is 22.8 Å². The van der Waals surface area contributed by atoms with Crippen LogP contribution in [0.15, 0.2) is 42.5 Å². The zero-order chi connectivity index (χ0) is 13.8. The van der Waals surface area contributed by atoms with Crippen LogP contribution in [-0.2, 0) is 6.54 Å². The summed E-state index contributed by atoms with van der Waals surface area (Å²) < 4.78 is 13.5. The molecule has 1 aromatic heterocycles. The monoisotopic (exact) mass is 258 g/mol. The van der Waals surface area contributed by atoms with Crippen molar-refractivity contribution >= 4 is 5.91 Å². The van der Waals surface area contributed by atoms with Crippen LogP contribution in [0.1, 0.15) is 21.7 Å². The fourth-order valence-electron chi connectivity index (χ4n) is 1.81. The summed E-state index contributed by atoms with van der Waals surface area (Å²) in [5.41, 5.74) is 1.65. The van der Waals surface area contributed by atoms with E-state index in [4.69, 9.17) is 0 Å². The smallest absolute Gasteiger partial charge is 0.272 e. The van der Waals surface area contributed by atoms with Crippen molar-refractivity contribution in [3.63, 3.8) is 0 Å². The van der Waals surface area contributed by atoms with Crippen molar-refractivity contribution in [2.45, 2.75) is 13.5 Å². The fraction of sp³-hybridized carbons (Fsp3) is 0.200. The standard InChI is InChI=1S/C15H15FN2O/c1-11-6-5-9-14(17-11)15(19)18(2)10-12-7-3-4-8-13(12)16/h3-9H,10H2,1-2H3. The molecule has 2 aromatic rings. The first-order valence-electron chi connectivity index (χ1n) is 6.00. The van der Waals surface area contributed by atoms with Gasteiger partial charge in [-0.25, -0.2) is 9.37 Å². The number of hydrogen-bond acceptors (Lipinski definition) is 2. The van der Waals surface area contributed by atoms with Gasteiger partial charge >= 0.3 is 0 Å². The zero-order valence-electron chi connectivity index (χ0n) is 10.9. The number of pyridine rings is 1. The van der Waals surface area contributed by atoms with E-state index in [2.05, 4.69) is 4.98 Å². The molecular weight excluding hydrogens is 243 g/mol. The summed E-state index contributed by atoms with van der Waals surface area (Å²) in [6.45, 7) is 2.05. The van der Waals surface area contributed by atoms with Crippen molar-refractivity contribution in [2.24, 2.45) is 0 Å². The minimum atomic E-state index is -0.306. The Morgan fingerprint density at radius 2 is 1.95 bits per heavy atom. The first kappa shape index (κ1) is 13.2. The average Bonchev–Trinajstić information content (AvgIpc) is 2.40. The topological polar surface area (TPSA) is 33.2 Å². The van der Waals surface area contributed by atoms with Crippen LogP contribution in [0.4, 0.5) is 4.39 Å². The molecule has 0 N–H and O–H groups in total. The maximum absolute atomic E-state index is 13.5. The van der Waals surface area contributed by atoms with E-state index < -0.39 is 0 Å². The number of carbonyl (C=O) groups excluding carboxylic acids is 1. The molecule has 0 aliphatic rings.